The highest BCUT2D eigenvalue weighted by Crippen LogP contribution is 2.15. The molecule has 0 radical (unpaired) electrons. The van der Waals surface area contributed by atoms with Gasteiger partial charge in [0.05, 0.1) is 19.1 Å². The number of ether oxygens (including phenoxy) is 1. The summed E-state index contributed by atoms with van der Waals surface area (Å²) in [6, 6.07) is 9.02. The summed E-state index contributed by atoms with van der Waals surface area (Å²) < 4.78 is 4.49. The number of benzene rings is 1. The molecule has 0 saturated carbocycles. The molecule has 7 heteroatoms. The Kier molecular flexibility index (Phi) is 7.62. The number of nitrogens with one attached hydrogen (secondary N) is 1. The van der Waals surface area contributed by atoms with Crippen LogP contribution in [0.5, 0.6) is 0 Å². The van der Waals surface area contributed by atoms with E-state index in [2.05, 4.69) is 22.7 Å². The van der Waals surface area contributed by atoms with Crippen molar-refractivity contribution in [3.8, 4) is 0 Å². The Balaban J connectivity index is 2.87. The number of thiocarbonyl (C=S) groups is 1. The van der Waals surface area contributed by atoms with Crippen LogP contribution in [0.2, 0.25) is 0 Å². The lowest BCUT2D eigenvalue weighted by molar-refractivity contribution is -0.141. The van der Waals surface area contributed by atoms with Gasteiger partial charge in [0.2, 0.25) is 0 Å². The molecule has 0 unspecified atom stereocenters. The molecule has 0 amide bonds. The molecule has 0 aliphatic carbocycles. The molecule has 0 spiro atoms. The number of rotatable bonds is 7. The van der Waals surface area contributed by atoms with E-state index in [0.29, 0.717) is 5.69 Å². The smallest absolute Gasteiger partial charge is 0.305 e. The van der Waals surface area contributed by atoms with E-state index < -0.39 is 11.8 Å². The Morgan fingerprint density at radius 1 is 1.27 bits per heavy atom. The number of methoxy groups -OCH3 is 1. The number of para-hydroxylation sites is 1. The predicted octanol–water partition coefficient (Wildman–Crippen LogP) is 2.69. The minimum absolute atomic E-state index is 0.0299. The zero-order valence-electron chi connectivity index (χ0n) is 12.0. The third kappa shape index (κ3) is 5.50. The highest BCUT2D eigenvalue weighted by molar-refractivity contribution is 7.81. The van der Waals surface area contributed by atoms with Gasteiger partial charge in [-0.05, 0) is 12.1 Å². The summed E-state index contributed by atoms with van der Waals surface area (Å²) in [5.41, 5.74) is 0.662. The van der Waals surface area contributed by atoms with E-state index in [1.165, 1.54) is 7.11 Å². The number of anilines is 1. The molecule has 0 aliphatic heterocycles. The van der Waals surface area contributed by atoms with Crippen LogP contribution >= 0.6 is 24.8 Å². The summed E-state index contributed by atoms with van der Waals surface area (Å²) in [5, 5.41) is 12.8. The minimum atomic E-state index is -0.500. The van der Waals surface area contributed by atoms with Gasteiger partial charge < -0.3 is 15.2 Å². The van der Waals surface area contributed by atoms with Crippen LogP contribution in [-0.4, -0.2) is 34.7 Å². The fourth-order valence-corrected chi connectivity index (χ4v) is 2.16. The van der Waals surface area contributed by atoms with Crippen LogP contribution < -0.4 is 5.32 Å². The normalized spacial score (nSPS) is 11.4. The zero-order chi connectivity index (χ0) is 16.5. The van der Waals surface area contributed by atoms with Crippen LogP contribution in [-0.2, 0) is 14.3 Å². The molecular weight excluding hydrogens is 322 g/mol. The molecular formula is C15H17NO4S2. The monoisotopic (exact) mass is 339 g/mol. The van der Waals surface area contributed by atoms with Crippen molar-refractivity contribution in [2.75, 3.05) is 18.2 Å². The molecule has 0 aliphatic rings. The highest BCUT2D eigenvalue weighted by atomic mass is 32.1. The molecule has 2 N–H and O–H groups in total. The van der Waals surface area contributed by atoms with E-state index in [1.54, 1.807) is 12.1 Å². The Morgan fingerprint density at radius 3 is 2.45 bits per heavy atom. The van der Waals surface area contributed by atoms with Crippen LogP contribution in [0.25, 0.3) is 0 Å². The lowest BCUT2D eigenvalue weighted by atomic mass is 10.1. The molecule has 0 atom stereocenters. The molecule has 1 rings (SSSR count). The average molecular weight is 339 g/mol. The van der Waals surface area contributed by atoms with E-state index in [0.717, 1.165) is 0 Å². The van der Waals surface area contributed by atoms with E-state index in [-0.39, 0.29) is 34.9 Å². The number of ketones is 1. The molecule has 0 aromatic heterocycles. The Hall–Kier alpha value is -1.86. The fraction of sp³-hybridized carbons (Fsp3) is 0.267. The van der Waals surface area contributed by atoms with Gasteiger partial charge in [0.1, 0.15) is 10.7 Å². The van der Waals surface area contributed by atoms with E-state index in [4.69, 9.17) is 12.2 Å². The first-order valence-electron chi connectivity index (χ1n) is 6.49. The zero-order valence-corrected chi connectivity index (χ0v) is 13.7. The van der Waals surface area contributed by atoms with E-state index in [9.17, 15) is 14.7 Å². The number of thiol groups is 1. The maximum Gasteiger partial charge on any atom is 0.305 e. The van der Waals surface area contributed by atoms with Crippen molar-refractivity contribution in [3.63, 3.8) is 0 Å². The summed E-state index contributed by atoms with van der Waals surface area (Å²) in [4.78, 5) is 23.4. The van der Waals surface area contributed by atoms with Crippen molar-refractivity contribution in [1.82, 2.24) is 0 Å². The van der Waals surface area contributed by atoms with Crippen molar-refractivity contribution < 1.29 is 19.4 Å². The van der Waals surface area contributed by atoms with Crippen molar-refractivity contribution in [2.45, 2.75) is 12.8 Å². The van der Waals surface area contributed by atoms with Crippen LogP contribution in [0.1, 0.15) is 12.8 Å². The molecule has 1 aromatic rings. The van der Waals surface area contributed by atoms with Gasteiger partial charge in [0.25, 0.3) is 0 Å². The Labute approximate surface area is 139 Å². The average Bonchev–Trinajstić information content (AvgIpc) is 2.53. The summed E-state index contributed by atoms with van der Waals surface area (Å²) in [6.45, 7) is 0. The number of Topliss-reactive ketones (excluding diaryl/α,β-unsaturated/α-hetero) is 1. The number of hydrogen-bond acceptors (Lipinski definition) is 6. The quantitative estimate of drug-likeness (QED) is 0.233. The van der Waals surface area contributed by atoms with Crippen LogP contribution in [0.15, 0.2) is 41.7 Å². The third-order valence-electron chi connectivity index (χ3n) is 2.76. The number of aliphatic hydroxyl groups excluding tert-OH is 1. The lowest BCUT2D eigenvalue weighted by Gasteiger charge is -2.12. The molecule has 0 heterocycles. The van der Waals surface area contributed by atoms with Crippen molar-refractivity contribution in [3.05, 3.63) is 41.7 Å². The predicted molar refractivity (Wildman–Crippen MR) is 92.4 cm³/mol. The minimum Gasteiger partial charge on any atom is -0.511 e. The van der Waals surface area contributed by atoms with Gasteiger partial charge in [-0.15, -0.1) is 0 Å². The largest absolute Gasteiger partial charge is 0.511 e. The summed E-state index contributed by atoms with van der Waals surface area (Å²) in [5.74, 6) is -1.20. The summed E-state index contributed by atoms with van der Waals surface area (Å²) in [6.07, 6.45) is -0.177. The second-order valence-electron chi connectivity index (χ2n) is 4.30. The first-order valence-corrected chi connectivity index (χ1v) is 7.53. The van der Waals surface area contributed by atoms with Crippen molar-refractivity contribution in [1.29, 1.82) is 0 Å². The highest BCUT2D eigenvalue weighted by Gasteiger charge is 2.20. The Bertz CT molecular complexity index is 584. The topological polar surface area (TPSA) is 75.6 Å². The first-order chi connectivity index (χ1) is 10.5. The van der Waals surface area contributed by atoms with Crippen molar-refractivity contribution in [2.24, 2.45) is 0 Å². The third-order valence-corrected chi connectivity index (χ3v) is 3.37. The second kappa shape index (κ2) is 9.22. The fourth-order valence-electron chi connectivity index (χ4n) is 1.66. The van der Waals surface area contributed by atoms with Gasteiger partial charge >= 0.3 is 5.97 Å². The Morgan fingerprint density at radius 2 is 1.91 bits per heavy atom. The van der Waals surface area contributed by atoms with E-state index >= 15 is 0 Å². The van der Waals surface area contributed by atoms with Gasteiger partial charge in [-0.25, -0.2) is 0 Å². The molecule has 5 nitrogen and oxygen atoms in total. The van der Waals surface area contributed by atoms with Gasteiger partial charge in [-0.2, -0.15) is 12.6 Å². The maximum absolute atomic E-state index is 12.2. The molecule has 0 bridgehead atoms. The van der Waals surface area contributed by atoms with Crippen LogP contribution in [0, 0.1) is 0 Å². The number of carbonyl (C=O) groups is 2. The van der Waals surface area contributed by atoms with Crippen LogP contribution in [0.4, 0.5) is 5.69 Å². The maximum atomic E-state index is 12.2. The molecule has 0 saturated heterocycles. The first kappa shape index (κ1) is 18.2. The summed E-state index contributed by atoms with van der Waals surface area (Å²) in [7, 11) is 1.25. The number of hydrogen-bond donors (Lipinski definition) is 3. The van der Waals surface area contributed by atoms with Crippen LogP contribution in [0.3, 0.4) is 0 Å². The SMILES string of the molecule is COC(=O)CCC(=O)/C(C(=S)Nc1ccccc1)=C(/O)CS. The standard InChI is InChI=1S/C15H17NO4S2/c1-20-13(19)8-7-11(17)14(12(18)9-21)15(22)16-10-5-3-2-4-6-10/h2-6,18,21H,7-9H2,1H3,(H,16,22)/b14-12-. The number of aliphatic hydroxyl groups is 1. The van der Waals surface area contributed by atoms with Gasteiger partial charge in [-0.1, -0.05) is 30.4 Å². The lowest BCUT2D eigenvalue weighted by Crippen LogP contribution is -2.22. The van der Waals surface area contributed by atoms with Gasteiger partial charge in [0.15, 0.2) is 5.78 Å². The second-order valence-corrected chi connectivity index (χ2v) is 5.02. The van der Waals surface area contributed by atoms with Crippen molar-refractivity contribution >= 4 is 47.3 Å². The number of carbonyl (C=O) groups excluding carboxylic acids is 2. The molecule has 118 valence electrons. The van der Waals surface area contributed by atoms with Gasteiger partial charge in [-0.3, -0.25) is 9.59 Å². The number of esters is 1. The summed E-state index contributed by atoms with van der Waals surface area (Å²) >= 11 is 9.14. The van der Waals surface area contributed by atoms with E-state index in [1.807, 2.05) is 18.2 Å². The van der Waals surface area contributed by atoms with Gasteiger partial charge in [0, 0.05) is 17.9 Å². The molecule has 0 fully saturated rings. The molecule has 1 aromatic carbocycles. The molecule has 22 heavy (non-hydrogen) atoms.